The number of carbonyl (C=O) groups is 2. The van der Waals surface area contributed by atoms with Gasteiger partial charge in [0.2, 0.25) is 0 Å². The van der Waals surface area contributed by atoms with Crippen molar-refractivity contribution < 1.29 is 37.3 Å². The van der Waals surface area contributed by atoms with Crippen molar-refractivity contribution in [1.82, 2.24) is 4.90 Å². The highest BCUT2D eigenvalue weighted by atomic mass is 19.4. The van der Waals surface area contributed by atoms with Crippen molar-refractivity contribution >= 4 is 11.9 Å². The molecule has 22 heavy (non-hydrogen) atoms. The van der Waals surface area contributed by atoms with Crippen LogP contribution in [-0.4, -0.2) is 47.9 Å². The molecule has 1 amide bonds. The Hall–Kier alpha value is -2.45. The number of rotatable bonds is 3. The maximum Gasteiger partial charge on any atom is 0.573 e. The molecule has 1 aliphatic rings. The van der Waals surface area contributed by atoms with E-state index < -0.39 is 35.8 Å². The molecular weight excluding hydrogens is 307 g/mol. The number of hydrogen-bond donors (Lipinski definition) is 1. The number of hydrogen-bond acceptors (Lipinski definition) is 5. The lowest BCUT2D eigenvalue weighted by atomic mass is 10.0. The van der Waals surface area contributed by atoms with Crippen LogP contribution in [0.4, 0.5) is 13.2 Å². The number of benzene rings is 1. The number of aromatic hydroxyl groups is 1. The topological polar surface area (TPSA) is 76.1 Å². The van der Waals surface area contributed by atoms with Crippen LogP contribution in [0.15, 0.2) is 18.2 Å². The second-order valence-corrected chi connectivity index (χ2v) is 4.56. The smallest absolute Gasteiger partial charge is 0.504 e. The Morgan fingerprint density at radius 1 is 1.36 bits per heavy atom. The molecule has 1 aliphatic heterocycles. The molecule has 0 aromatic heterocycles. The number of esters is 1. The molecule has 1 aromatic rings. The first kappa shape index (κ1) is 15.9. The van der Waals surface area contributed by atoms with Gasteiger partial charge in [-0.15, -0.1) is 13.2 Å². The van der Waals surface area contributed by atoms with Crippen LogP contribution in [0.25, 0.3) is 0 Å². The molecule has 1 atom stereocenters. The van der Waals surface area contributed by atoms with Gasteiger partial charge in [0, 0.05) is 12.1 Å². The standard InChI is InChI=1S/C13H12F3NO5/c1-21-12(20)8-4-5-17(8)11(19)7-2-3-9(18)10(6-7)22-13(14,15)16/h2-3,6,8,18H,4-5H2,1H3/t8-/m1/s1. The monoisotopic (exact) mass is 319 g/mol. The Bertz CT molecular complexity index is 602. The summed E-state index contributed by atoms with van der Waals surface area (Å²) in [5.41, 5.74) is -0.134. The summed E-state index contributed by atoms with van der Waals surface area (Å²) in [6, 6.07) is 2.09. The number of amides is 1. The average molecular weight is 319 g/mol. The summed E-state index contributed by atoms with van der Waals surface area (Å²) < 4.78 is 44.8. The molecule has 2 rings (SSSR count). The number of phenols is 1. The molecule has 1 N–H and O–H groups in total. The number of ether oxygens (including phenoxy) is 2. The summed E-state index contributed by atoms with van der Waals surface area (Å²) in [6.45, 7) is 0.287. The van der Waals surface area contributed by atoms with Gasteiger partial charge >= 0.3 is 12.3 Å². The summed E-state index contributed by atoms with van der Waals surface area (Å²) >= 11 is 0. The minimum absolute atomic E-state index is 0.134. The van der Waals surface area contributed by atoms with E-state index in [1.54, 1.807) is 0 Å². The maximum absolute atomic E-state index is 12.2. The Labute approximate surface area is 123 Å². The highest BCUT2D eigenvalue weighted by Crippen LogP contribution is 2.33. The largest absolute Gasteiger partial charge is 0.573 e. The second kappa shape index (κ2) is 5.74. The fourth-order valence-corrected chi connectivity index (χ4v) is 2.03. The Balaban J connectivity index is 2.20. The highest BCUT2D eigenvalue weighted by molar-refractivity contribution is 5.98. The van der Waals surface area contributed by atoms with E-state index in [-0.39, 0.29) is 12.1 Å². The van der Waals surface area contributed by atoms with Gasteiger partial charge in [-0.1, -0.05) is 0 Å². The van der Waals surface area contributed by atoms with Crippen molar-refractivity contribution in [2.45, 2.75) is 18.8 Å². The number of halogens is 3. The number of nitrogens with zero attached hydrogens (tertiary/aromatic N) is 1. The van der Waals surface area contributed by atoms with E-state index in [4.69, 9.17) is 0 Å². The van der Waals surface area contributed by atoms with Crippen LogP contribution >= 0.6 is 0 Å². The van der Waals surface area contributed by atoms with Gasteiger partial charge in [-0.25, -0.2) is 4.79 Å². The van der Waals surface area contributed by atoms with Gasteiger partial charge in [-0.3, -0.25) is 4.79 Å². The van der Waals surface area contributed by atoms with Crippen molar-refractivity contribution in [2.75, 3.05) is 13.7 Å². The molecular formula is C13H12F3NO5. The van der Waals surface area contributed by atoms with E-state index in [1.165, 1.54) is 12.0 Å². The summed E-state index contributed by atoms with van der Waals surface area (Å²) in [5.74, 6) is -2.87. The van der Waals surface area contributed by atoms with Crippen LogP contribution in [-0.2, 0) is 9.53 Å². The van der Waals surface area contributed by atoms with Crippen molar-refractivity contribution in [3.8, 4) is 11.5 Å². The highest BCUT2D eigenvalue weighted by Gasteiger charge is 2.39. The molecule has 0 aliphatic carbocycles. The van der Waals surface area contributed by atoms with Gasteiger partial charge in [0.15, 0.2) is 11.5 Å². The first-order valence-corrected chi connectivity index (χ1v) is 6.20. The fourth-order valence-electron chi connectivity index (χ4n) is 2.03. The van der Waals surface area contributed by atoms with Crippen LogP contribution in [0.5, 0.6) is 11.5 Å². The SMILES string of the molecule is COC(=O)[C@H]1CCN1C(=O)c1ccc(O)c(OC(F)(F)F)c1. The van der Waals surface area contributed by atoms with E-state index in [1.807, 2.05) is 0 Å². The fraction of sp³-hybridized carbons (Fsp3) is 0.385. The normalized spacial score (nSPS) is 17.6. The molecule has 0 radical (unpaired) electrons. The minimum atomic E-state index is -5.00. The molecule has 6 nitrogen and oxygen atoms in total. The van der Waals surface area contributed by atoms with Crippen LogP contribution < -0.4 is 4.74 Å². The quantitative estimate of drug-likeness (QED) is 0.858. The lowest BCUT2D eigenvalue weighted by molar-refractivity contribution is -0.275. The number of methoxy groups -OCH3 is 1. The lowest BCUT2D eigenvalue weighted by Gasteiger charge is -2.38. The number of likely N-dealkylation sites (tertiary alicyclic amines) is 1. The number of carbonyl (C=O) groups excluding carboxylic acids is 2. The molecule has 0 spiro atoms. The summed E-state index contributed by atoms with van der Waals surface area (Å²) in [7, 11) is 1.18. The van der Waals surface area contributed by atoms with E-state index in [2.05, 4.69) is 9.47 Å². The zero-order valence-corrected chi connectivity index (χ0v) is 11.4. The molecule has 1 heterocycles. The molecule has 0 bridgehead atoms. The van der Waals surface area contributed by atoms with Crippen molar-refractivity contribution in [3.05, 3.63) is 23.8 Å². The molecule has 1 saturated heterocycles. The van der Waals surface area contributed by atoms with Gasteiger partial charge in [-0.05, 0) is 24.6 Å². The van der Waals surface area contributed by atoms with Crippen LogP contribution in [0.2, 0.25) is 0 Å². The van der Waals surface area contributed by atoms with Gasteiger partial charge in [0.25, 0.3) is 5.91 Å². The average Bonchev–Trinajstić information content (AvgIpc) is 2.38. The van der Waals surface area contributed by atoms with Crippen LogP contribution in [0, 0.1) is 0 Å². The third kappa shape index (κ3) is 3.23. The third-order valence-corrected chi connectivity index (χ3v) is 3.19. The number of phenolic OH excluding ortho intramolecular Hbond substituents is 1. The predicted molar refractivity (Wildman–Crippen MR) is 66.2 cm³/mol. The maximum atomic E-state index is 12.2. The minimum Gasteiger partial charge on any atom is -0.504 e. The molecule has 0 saturated carbocycles. The number of alkyl halides is 3. The summed E-state index contributed by atoms with van der Waals surface area (Å²) in [6.07, 6.45) is -4.58. The van der Waals surface area contributed by atoms with E-state index in [0.29, 0.717) is 6.42 Å². The molecule has 1 fully saturated rings. The Morgan fingerprint density at radius 3 is 2.55 bits per heavy atom. The predicted octanol–water partition coefficient (Wildman–Crippen LogP) is 1.68. The molecule has 0 unspecified atom stereocenters. The zero-order valence-electron chi connectivity index (χ0n) is 11.4. The van der Waals surface area contributed by atoms with E-state index >= 15 is 0 Å². The lowest BCUT2D eigenvalue weighted by Crippen LogP contribution is -2.55. The van der Waals surface area contributed by atoms with Crippen molar-refractivity contribution in [1.29, 1.82) is 0 Å². The zero-order chi connectivity index (χ0) is 16.5. The summed E-state index contributed by atoms with van der Waals surface area (Å²) in [5, 5.41) is 9.34. The third-order valence-electron chi connectivity index (χ3n) is 3.19. The van der Waals surface area contributed by atoms with Gasteiger partial charge in [0.1, 0.15) is 6.04 Å². The Kier molecular flexibility index (Phi) is 4.16. The van der Waals surface area contributed by atoms with E-state index in [9.17, 15) is 27.9 Å². The van der Waals surface area contributed by atoms with Gasteiger partial charge in [-0.2, -0.15) is 0 Å². The van der Waals surface area contributed by atoms with E-state index in [0.717, 1.165) is 18.2 Å². The van der Waals surface area contributed by atoms with Crippen LogP contribution in [0.3, 0.4) is 0 Å². The molecule has 120 valence electrons. The second-order valence-electron chi connectivity index (χ2n) is 4.56. The van der Waals surface area contributed by atoms with Gasteiger partial charge < -0.3 is 19.5 Å². The van der Waals surface area contributed by atoms with Crippen molar-refractivity contribution in [2.24, 2.45) is 0 Å². The van der Waals surface area contributed by atoms with Crippen molar-refractivity contribution in [3.63, 3.8) is 0 Å². The Morgan fingerprint density at radius 2 is 2.05 bits per heavy atom. The summed E-state index contributed by atoms with van der Waals surface area (Å²) in [4.78, 5) is 24.8. The van der Waals surface area contributed by atoms with Gasteiger partial charge in [0.05, 0.1) is 7.11 Å². The first-order valence-electron chi connectivity index (χ1n) is 6.20. The first-order chi connectivity index (χ1) is 10.2. The van der Waals surface area contributed by atoms with Crippen LogP contribution in [0.1, 0.15) is 16.8 Å². The molecule has 1 aromatic carbocycles. The molecule has 9 heteroatoms.